The molecule has 3 atom stereocenters. The second-order valence-corrected chi connectivity index (χ2v) is 4.02. The Hall–Kier alpha value is -1.27. The van der Waals surface area contributed by atoms with Gasteiger partial charge in [-0.25, -0.2) is 4.79 Å². The molecule has 0 spiro atoms. The number of hydrogen-bond acceptors (Lipinski definition) is 4. The first kappa shape index (κ1) is 12.8. The van der Waals surface area contributed by atoms with E-state index in [0.717, 1.165) is 0 Å². The van der Waals surface area contributed by atoms with Crippen LogP contribution in [-0.2, 0) is 9.53 Å². The molecule has 0 aromatic heterocycles. The molecule has 0 fully saturated rings. The first-order valence-corrected chi connectivity index (χ1v) is 5.15. The van der Waals surface area contributed by atoms with Crippen LogP contribution in [0.25, 0.3) is 0 Å². The van der Waals surface area contributed by atoms with Crippen molar-refractivity contribution in [3.8, 4) is 0 Å². The number of amides is 3. The van der Waals surface area contributed by atoms with Crippen LogP contribution in [0, 0.1) is 5.92 Å². The molecule has 0 radical (unpaired) electrons. The summed E-state index contributed by atoms with van der Waals surface area (Å²) in [6.07, 6.45) is 1.88. The maximum Gasteiger partial charge on any atom is 0.318 e. The first-order valence-electron chi connectivity index (χ1n) is 4.71. The Morgan fingerprint density at radius 1 is 1.62 bits per heavy atom. The number of urea groups is 1. The van der Waals surface area contributed by atoms with E-state index in [-0.39, 0.29) is 0 Å². The maximum absolute atomic E-state index is 11.5. The minimum Gasteiger partial charge on any atom is -0.500 e. The van der Waals surface area contributed by atoms with Crippen molar-refractivity contribution in [1.82, 2.24) is 5.32 Å². The highest BCUT2D eigenvalue weighted by atomic mass is 35.5. The Labute approximate surface area is 97.9 Å². The number of hydrogen-bond donors (Lipinski definition) is 3. The van der Waals surface area contributed by atoms with E-state index in [0.29, 0.717) is 12.2 Å². The molecule has 0 saturated carbocycles. The molecule has 0 aromatic carbocycles. The molecule has 5 N–H and O–H groups in total. The van der Waals surface area contributed by atoms with E-state index in [9.17, 15) is 9.59 Å². The van der Waals surface area contributed by atoms with E-state index in [2.05, 4.69) is 0 Å². The second-order valence-electron chi connectivity index (χ2n) is 3.52. The van der Waals surface area contributed by atoms with E-state index >= 15 is 0 Å². The number of methoxy groups -OCH3 is 1. The molecule has 3 amide bonds. The lowest BCUT2D eigenvalue weighted by molar-refractivity contribution is -0.124. The van der Waals surface area contributed by atoms with Gasteiger partial charge in [0, 0.05) is 0 Å². The van der Waals surface area contributed by atoms with Gasteiger partial charge in [-0.05, 0) is 12.5 Å². The number of ether oxygens (including phenoxy) is 1. The van der Waals surface area contributed by atoms with Crippen molar-refractivity contribution in [2.24, 2.45) is 17.4 Å². The topological polar surface area (TPSA) is 107 Å². The van der Waals surface area contributed by atoms with Gasteiger partial charge in [0.05, 0.1) is 24.4 Å². The lowest BCUT2D eigenvalue weighted by atomic mass is 9.89. The molecule has 1 aliphatic rings. The lowest BCUT2D eigenvalue weighted by Crippen LogP contribution is -2.46. The van der Waals surface area contributed by atoms with Crippen molar-refractivity contribution >= 4 is 23.5 Å². The number of primary amides is 1. The predicted octanol–water partition coefficient (Wildman–Crippen LogP) is -0.334. The molecule has 1 aliphatic carbocycles. The van der Waals surface area contributed by atoms with Gasteiger partial charge in [-0.3, -0.25) is 10.1 Å². The Bertz CT molecular complexity index is 332. The highest BCUT2D eigenvalue weighted by Crippen LogP contribution is 2.27. The Balaban J connectivity index is 2.74. The number of allylic oxidation sites excluding steroid dienone is 1. The van der Waals surface area contributed by atoms with Gasteiger partial charge in [0.1, 0.15) is 5.76 Å². The molecule has 90 valence electrons. The summed E-state index contributed by atoms with van der Waals surface area (Å²) >= 11 is 5.97. The van der Waals surface area contributed by atoms with Crippen LogP contribution in [-0.4, -0.2) is 30.5 Å². The largest absolute Gasteiger partial charge is 0.500 e. The maximum atomic E-state index is 11.5. The molecule has 0 bridgehead atoms. The quantitative estimate of drug-likeness (QED) is 0.581. The zero-order valence-corrected chi connectivity index (χ0v) is 9.53. The van der Waals surface area contributed by atoms with E-state index in [1.807, 2.05) is 5.32 Å². The van der Waals surface area contributed by atoms with Gasteiger partial charge < -0.3 is 16.2 Å². The number of carbonyl (C=O) groups is 2. The molecule has 3 unspecified atom stereocenters. The van der Waals surface area contributed by atoms with Crippen LogP contribution in [0.15, 0.2) is 11.8 Å². The highest BCUT2D eigenvalue weighted by Gasteiger charge is 2.34. The fraction of sp³-hybridized carbons (Fsp3) is 0.556. The van der Waals surface area contributed by atoms with Crippen molar-refractivity contribution < 1.29 is 14.3 Å². The summed E-state index contributed by atoms with van der Waals surface area (Å²) in [4.78, 5) is 22.1. The average molecular weight is 248 g/mol. The van der Waals surface area contributed by atoms with Crippen LogP contribution in [0.3, 0.4) is 0 Å². The Kier molecular flexibility index (Phi) is 4.14. The summed E-state index contributed by atoms with van der Waals surface area (Å²) in [7, 11) is 1.49. The molecule has 16 heavy (non-hydrogen) atoms. The molecular weight excluding hydrogens is 234 g/mol. The van der Waals surface area contributed by atoms with Crippen LogP contribution < -0.4 is 16.8 Å². The van der Waals surface area contributed by atoms with E-state index in [1.165, 1.54) is 7.11 Å². The average Bonchev–Trinajstić information content (AvgIpc) is 2.19. The van der Waals surface area contributed by atoms with E-state index in [1.54, 1.807) is 6.08 Å². The smallest absolute Gasteiger partial charge is 0.318 e. The number of halogens is 1. The van der Waals surface area contributed by atoms with Crippen molar-refractivity contribution in [2.45, 2.75) is 17.8 Å². The van der Waals surface area contributed by atoms with Crippen LogP contribution in [0.5, 0.6) is 0 Å². The van der Waals surface area contributed by atoms with E-state index in [4.69, 9.17) is 27.8 Å². The first-order chi connectivity index (χ1) is 7.45. The third kappa shape index (κ3) is 2.86. The zero-order chi connectivity index (χ0) is 12.3. The normalized spacial score (nSPS) is 29.2. The van der Waals surface area contributed by atoms with Crippen molar-refractivity contribution in [1.29, 1.82) is 0 Å². The minimum atomic E-state index is -0.899. The lowest BCUT2D eigenvalue weighted by Gasteiger charge is -2.28. The van der Waals surface area contributed by atoms with Crippen molar-refractivity contribution in [3.63, 3.8) is 0 Å². The van der Waals surface area contributed by atoms with Crippen molar-refractivity contribution in [2.75, 3.05) is 7.11 Å². The van der Waals surface area contributed by atoms with Gasteiger partial charge >= 0.3 is 6.03 Å². The van der Waals surface area contributed by atoms with Gasteiger partial charge in [-0.1, -0.05) is 0 Å². The SMILES string of the molecule is COC1=CC(Cl)C(C(=O)NC(N)=O)CC1N. The molecule has 0 heterocycles. The predicted molar refractivity (Wildman–Crippen MR) is 58.5 cm³/mol. The van der Waals surface area contributed by atoms with Gasteiger partial charge in [0.2, 0.25) is 5.91 Å². The summed E-state index contributed by atoms with van der Waals surface area (Å²) in [5, 5.41) is 1.43. The second kappa shape index (κ2) is 5.18. The monoisotopic (exact) mass is 247 g/mol. The molecule has 0 aliphatic heterocycles. The number of nitrogens with one attached hydrogen (secondary N) is 1. The number of alkyl halides is 1. The highest BCUT2D eigenvalue weighted by molar-refractivity contribution is 6.23. The van der Waals surface area contributed by atoms with E-state index < -0.39 is 29.3 Å². The van der Waals surface area contributed by atoms with Gasteiger partial charge in [0.25, 0.3) is 0 Å². The van der Waals surface area contributed by atoms with Gasteiger partial charge in [-0.15, -0.1) is 11.6 Å². The van der Waals surface area contributed by atoms with Gasteiger partial charge in [0.15, 0.2) is 0 Å². The van der Waals surface area contributed by atoms with Crippen LogP contribution >= 0.6 is 11.6 Å². The Morgan fingerprint density at radius 2 is 2.25 bits per heavy atom. The number of carbonyl (C=O) groups excluding carboxylic acids is 2. The fourth-order valence-electron chi connectivity index (χ4n) is 1.60. The fourth-order valence-corrected chi connectivity index (χ4v) is 1.94. The molecule has 0 aromatic rings. The third-order valence-corrected chi connectivity index (χ3v) is 2.83. The molecule has 0 saturated heterocycles. The summed E-state index contributed by atoms with van der Waals surface area (Å²) in [6.45, 7) is 0. The molecule has 7 heteroatoms. The Morgan fingerprint density at radius 3 is 2.75 bits per heavy atom. The summed E-state index contributed by atoms with van der Waals surface area (Å²) < 4.78 is 5.01. The standard InChI is InChI=1S/C9H14ClN3O3/c1-16-7-3-5(10)4(2-6(7)11)8(14)13-9(12)15/h3-6H,2,11H2,1H3,(H3,12,13,14,15). The molecule has 1 rings (SSSR count). The van der Waals surface area contributed by atoms with Crippen LogP contribution in [0.2, 0.25) is 0 Å². The number of imide groups is 1. The molecule has 6 nitrogen and oxygen atoms in total. The van der Waals surface area contributed by atoms with Crippen LogP contribution in [0.1, 0.15) is 6.42 Å². The van der Waals surface area contributed by atoms with Crippen LogP contribution in [0.4, 0.5) is 4.79 Å². The van der Waals surface area contributed by atoms with Gasteiger partial charge in [-0.2, -0.15) is 0 Å². The number of nitrogens with two attached hydrogens (primary N) is 2. The summed E-state index contributed by atoms with van der Waals surface area (Å²) in [6, 6.07) is -1.30. The number of rotatable bonds is 2. The summed E-state index contributed by atoms with van der Waals surface area (Å²) in [5.74, 6) is -0.555. The minimum absolute atomic E-state index is 0.312. The summed E-state index contributed by atoms with van der Waals surface area (Å²) in [5.41, 5.74) is 10.6. The third-order valence-electron chi connectivity index (χ3n) is 2.40. The molecular formula is C9H14ClN3O3. The zero-order valence-electron chi connectivity index (χ0n) is 8.77. The van der Waals surface area contributed by atoms with Crippen molar-refractivity contribution in [3.05, 3.63) is 11.8 Å².